The monoisotopic (exact) mass is 287 g/mol. The van der Waals surface area contributed by atoms with Crippen molar-refractivity contribution in [3.8, 4) is 6.07 Å². The zero-order valence-corrected chi connectivity index (χ0v) is 12.3. The summed E-state index contributed by atoms with van der Waals surface area (Å²) in [6, 6.07) is 6.44. The first-order chi connectivity index (χ1) is 10.1. The molecule has 1 fully saturated rings. The number of hydrogen-bond acceptors (Lipinski definition) is 4. The van der Waals surface area contributed by atoms with E-state index in [1.165, 1.54) is 37.8 Å². The van der Waals surface area contributed by atoms with Crippen LogP contribution < -0.4 is 5.32 Å². The smallest absolute Gasteiger partial charge is 0.292 e. The molecule has 0 saturated heterocycles. The molecule has 0 amide bonds. The molecule has 0 radical (unpaired) electrons. The van der Waals surface area contributed by atoms with Crippen molar-refractivity contribution in [1.29, 1.82) is 5.26 Å². The highest BCUT2D eigenvalue weighted by Gasteiger charge is 2.19. The van der Waals surface area contributed by atoms with E-state index in [2.05, 4.69) is 12.2 Å². The summed E-state index contributed by atoms with van der Waals surface area (Å²) in [6.45, 7) is 3.01. The number of benzene rings is 1. The van der Waals surface area contributed by atoms with Crippen LogP contribution in [0.2, 0.25) is 0 Å². The lowest BCUT2D eigenvalue weighted by Crippen LogP contribution is -2.16. The van der Waals surface area contributed by atoms with Gasteiger partial charge in [0.05, 0.1) is 16.6 Å². The van der Waals surface area contributed by atoms with Crippen LogP contribution in [-0.2, 0) is 0 Å². The van der Waals surface area contributed by atoms with Crippen molar-refractivity contribution in [2.45, 2.75) is 39.0 Å². The second-order valence-corrected chi connectivity index (χ2v) is 5.94. The van der Waals surface area contributed by atoms with Gasteiger partial charge in [0.15, 0.2) is 0 Å². The van der Waals surface area contributed by atoms with Crippen molar-refractivity contribution in [1.82, 2.24) is 0 Å². The van der Waals surface area contributed by atoms with Gasteiger partial charge in [-0.1, -0.05) is 32.6 Å². The van der Waals surface area contributed by atoms with E-state index in [-0.39, 0.29) is 5.69 Å². The average molecular weight is 287 g/mol. The van der Waals surface area contributed by atoms with Crippen LogP contribution in [0.5, 0.6) is 0 Å². The maximum atomic E-state index is 11.0. The van der Waals surface area contributed by atoms with Crippen molar-refractivity contribution in [2.75, 3.05) is 11.9 Å². The SMILES string of the molecule is CC1CCC(CCNc2cc(C#N)ccc2[N+](=O)[O-])CC1. The maximum absolute atomic E-state index is 11.0. The average Bonchev–Trinajstić information content (AvgIpc) is 2.49. The number of rotatable bonds is 5. The van der Waals surface area contributed by atoms with Gasteiger partial charge in [0.1, 0.15) is 5.69 Å². The van der Waals surface area contributed by atoms with Crippen LogP contribution in [0.3, 0.4) is 0 Å². The van der Waals surface area contributed by atoms with Crippen molar-refractivity contribution < 1.29 is 4.92 Å². The molecule has 1 aliphatic carbocycles. The zero-order chi connectivity index (χ0) is 15.2. The highest BCUT2D eigenvalue weighted by atomic mass is 16.6. The van der Waals surface area contributed by atoms with Gasteiger partial charge in [0.25, 0.3) is 5.69 Å². The van der Waals surface area contributed by atoms with Crippen LogP contribution in [-0.4, -0.2) is 11.5 Å². The Hall–Kier alpha value is -2.09. The molecule has 5 heteroatoms. The molecule has 0 aliphatic heterocycles. The van der Waals surface area contributed by atoms with Crippen LogP contribution >= 0.6 is 0 Å². The van der Waals surface area contributed by atoms with Gasteiger partial charge in [-0.3, -0.25) is 10.1 Å². The van der Waals surface area contributed by atoms with Gasteiger partial charge in [0.2, 0.25) is 0 Å². The maximum Gasteiger partial charge on any atom is 0.292 e. The van der Waals surface area contributed by atoms with Crippen molar-refractivity contribution in [3.05, 3.63) is 33.9 Å². The van der Waals surface area contributed by atoms with E-state index in [4.69, 9.17) is 5.26 Å². The fourth-order valence-corrected chi connectivity index (χ4v) is 2.94. The minimum absolute atomic E-state index is 0.0336. The number of nitro benzene ring substituents is 1. The summed E-state index contributed by atoms with van der Waals surface area (Å²) in [5, 5.41) is 23.0. The minimum Gasteiger partial charge on any atom is -0.379 e. The third-order valence-electron chi connectivity index (χ3n) is 4.33. The predicted molar refractivity (Wildman–Crippen MR) is 82.0 cm³/mol. The van der Waals surface area contributed by atoms with Gasteiger partial charge in [-0.2, -0.15) is 5.26 Å². The molecule has 1 aromatic rings. The van der Waals surface area contributed by atoms with E-state index in [9.17, 15) is 10.1 Å². The Morgan fingerprint density at radius 2 is 2.10 bits per heavy atom. The summed E-state index contributed by atoms with van der Waals surface area (Å²) in [7, 11) is 0. The Morgan fingerprint density at radius 3 is 2.71 bits per heavy atom. The van der Waals surface area contributed by atoms with Crippen molar-refractivity contribution in [2.24, 2.45) is 11.8 Å². The first-order valence-corrected chi connectivity index (χ1v) is 7.52. The lowest BCUT2D eigenvalue weighted by Gasteiger charge is -2.26. The molecule has 0 spiro atoms. The second-order valence-electron chi connectivity index (χ2n) is 5.94. The molecule has 0 bridgehead atoms. The third-order valence-corrected chi connectivity index (χ3v) is 4.33. The molecule has 1 aliphatic rings. The molecule has 0 heterocycles. The lowest BCUT2D eigenvalue weighted by atomic mass is 9.81. The minimum atomic E-state index is -0.411. The van der Waals surface area contributed by atoms with E-state index in [1.807, 2.05) is 6.07 Å². The van der Waals surface area contributed by atoms with Gasteiger partial charge in [-0.25, -0.2) is 0 Å². The van der Waals surface area contributed by atoms with E-state index in [1.54, 1.807) is 6.07 Å². The third kappa shape index (κ3) is 4.19. The molecule has 21 heavy (non-hydrogen) atoms. The molecule has 5 nitrogen and oxygen atoms in total. The molecule has 2 rings (SSSR count). The Kier molecular flexibility index (Phi) is 5.15. The molecule has 1 N–H and O–H groups in total. The molecule has 0 unspecified atom stereocenters. The van der Waals surface area contributed by atoms with Gasteiger partial charge >= 0.3 is 0 Å². The fourth-order valence-electron chi connectivity index (χ4n) is 2.94. The van der Waals surface area contributed by atoms with Crippen LogP contribution in [0.25, 0.3) is 0 Å². The Morgan fingerprint density at radius 1 is 1.38 bits per heavy atom. The van der Waals surface area contributed by atoms with Crippen molar-refractivity contribution >= 4 is 11.4 Å². The molecule has 1 aromatic carbocycles. The molecule has 0 atom stereocenters. The summed E-state index contributed by atoms with van der Waals surface area (Å²) >= 11 is 0. The first-order valence-electron chi connectivity index (χ1n) is 7.52. The van der Waals surface area contributed by atoms with Crippen LogP contribution in [0.1, 0.15) is 44.6 Å². The number of nitriles is 1. The van der Waals surface area contributed by atoms with E-state index >= 15 is 0 Å². The number of nitrogens with one attached hydrogen (secondary N) is 1. The number of anilines is 1. The predicted octanol–water partition coefficient (Wildman–Crippen LogP) is 4.09. The second kappa shape index (κ2) is 7.07. The summed E-state index contributed by atoms with van der Waals surface area (Å²) in [4.78, 5) is 10.6. The standard InChI is InChI=1S/C16H21N3O2/c1-12-2-4-13(5-3-12)8-9-18-15-10-14(11-17)6-7-16(15)19(20)21/h6-7,10,12-13,18H,2-5,8-9H2,1H3. The van der Waals surface area contributed by atoms with E-state index in [0.717, 1.165) is 18.9 Å². The highest BCUT2D eigenvalue weighted by Crippen LogP contribution is 2.31. The number of hydrogen-bond donors (Lipinski definition) is 1. The van der Waals surface area contributed by atoms with Gasteiger partial charge in [-0.15, -0.1) is 0 Å². The van der Waals surface area contributed by atoms with Crippen LogP contribution in [0, 0.1) is 33.3 Å². The quantitative estimate of drug-likeness (QED) is 0.653. The van der Waals surface area contributed by atoms with Crippen LogP contribution in [0.4, 0.5) is 11.4 Å². The Labute approximate surface area is 125 Å². The first kappa shape index (κ1) is 15.3. The summed E-state index contributed by atoms with van der Waals surface area (Å²) in [5.74, 6) is 1.55. The van der Waals surface area contributed by atoms with Gasteiger partial charge in [-0.05, 0) is 30.4 Å². The van der Waals surface area contributed by atoms with Gasteiger partial charge < -0.3 is 5.32 Å². The number of nitrogens with zero attached hydrogens (tertiary/aromatic N) is 2. The highest BCUT2D eigenvalue weighted by molar-refractivity contribution is 5.64. The molecule has 0 aromatic heterocycles. The normalized spacial score (nSPS) is 21.5. The summed E-state index contributed by atoms with van der Waals surface area (Å²) in [5.41, 5.74) is 0.920. The molecule has 1 saturated carbocycles. The molecular formula is C16H21N3O2. The largest absolute Gasteiger partial charge is 0.379 e. The van der Waals surface area contributed by atoms with Crippen molar-refractivity contribution in [3.63, 3.8) is 0 Å². The summed E-state index contributed by atoms with van der Waals surface area (Å²) in [6.07, 6.45) is 6.11. The fraction of sp³-hybridized carbons (Fsp3) is 0.562. The van der Waals surface area contributed by atoms with Crippen LogP contribution in [0.15, 0.2) is 18.2 Å². The lowest BCUT2D eigenvalue weighted by molar-refractivity contribution is -0.384. The Bertz CT molecular complexity index is 543. The van der Waals surface area contributed by atoms with E-state index in [0.29, 0.717) is 17.2 Å². The molecular weight excluding hydrogens is 266 g/mol. The van der Waals surface area contributed by atoms with E-state index < -0.39 is 4.92 Å². The molecule has 112 valence electrons. The zero-order valence-electron chi connectivity index (χ0n) is 12.3. The topological polar surface area (TPSA) is 79.0 Å². The summed E-state index contributed by atoms with van der Waals surface area (Å²) < 4.78 is 0. The number of nitro groups is 1. The Balaban J connectivity index is 1.93. The van der Waals surface area contributed by atoms with Gasteiger partial charge in [0, 0.05) is 12.6 Å².